The topological polar surface area (TPSA) is 71.3 Å². The molecule has 0 bridgehead atoms. The van der Waals surface area contributed by atoms with Crippen LogP contribution in [0.4, 0.5) is 4.79 Å². The summed E-state index contributed by atoms with van der Waals surface area (Å²) in [5.74, 6) is 0.597. The van der Waals surface area contributed by atoms with Gasteiger partial charge in [0.25, 0.3) is 0 Å². The second-order valence-corrected chi connectivity index (χ2v) is 5.59. The number of hydrogen-bond acceptors (Lipinski definition) is 4. The lowest BCUT2D eigenvalue weighted by atomic mass is 10.2. The lowest BCUT2D eigenvalue weighted by molar-refractivity contribution is 0.0526. The number of amides is 1. The van der Waals surface area contributed by atoms with Crippen LogP contribution in [0.25, 0.3) is 0 Å². The van der Waals surface area contributed by atoms with Gasteiger partial charge in [0.15, 0.2) is 0 Å². The fraction of sp³-hybridized carbons (Fsp3) is 0.500. The predicted octanol–water partition coefficient (Wildman–Crippen LogP) is 3.24. The Labute approximate surface area is 125 Å². The van der Waals surface area contributed by atoms with Crippen molar-refractivity contribution in [1.82, 2.24) is 5.32 Å². The Morgan fingerprint density at radius 1 is 1.29 bits per heavy atom. The van der Waals surface area contributed by atoms with Crippen LogP contribution in [0.3, 0.4) is 0 Å². The van der Waals surface area contributed by atoms with E-state index >= 15 is 0 Å². The molecule has 5 heteroatoms. The molecule has 21 heavy (non-hydrogen) atoms. The second kappa shape index (κ2) is 8.15. The van der Waals surface area contributed by atoms with Crippen molar-refractivity contribution >= 4 is 6.09 Å². The summed E-state index contributed by atoms with van der Waals surface area (Å²) in [5.41, 5.74) is 0.0539. The van der Waals surface area contributed by atoms with E-state index in [-0.39, 0.29) is 0 Å². The molecule has 0 aliphatic heterocycles. The minimum absolute atomic E-state index is 0.404. The van der Waals surface area contributed by atoms with E-state index in [1.807, 2.05) is 26.8 Å². The fourth-order valence-electron chi connectivity index (χ4n) is 1.60. The zero-order chi connectivity index (χ0) is 15.7. The Bertz CT molecular complexity index is 501. The van der Waals surface area contributed by atoms with Crippen molar-refractivity contribution in [2.24, 2.45) is 0 Å². The summed E-state index contributed by atoms with van der Waals surface area (Å²) in [6.45, 7) is 6.53. The Kier molecular flexibility index (Phi) is 6.54. The summed E-state index contributed by atoms with van der Waals surface area (Å²) in [6, 6.07) is 9.22. The van der Waals surface area contributed by atoms with Crippen LogP contribution in [0.15, 0.2) is 24.3 Å². The highest BCUT2D eigenvalue weighted by Gasteiger charge is 2.15. The second-order valence-electron chi connectivity index (χ2n) is 5.59. The van der Waals surface area contributed by atoms with Crippen molar-refractivity contribution < 1.29 is 14.3 Å². The molecule has 0 spiro atoms. The predicted molar refractivity (Wildman–Crippen MR) is 80.1 cm³/mol. The summed E-state index contributed by atoms with van der Waals surface area (Å²) < 4.78 is 10.7. The van der Waals surface area contributed by atoms with Crippen LogP contribution < -0.4 is 10.1 Å². The van der Waals surface area contributed by atoms with Crippen molar-refractivity contribution in [3.8, 4) is 11.8 Å². The number of hydrogen-bond donors (Lipinski definition) is 1. The third kappa shape index (κ3) is 7.21. The molecule has 5 nitrogen and oxygen atoms in total. The highest BCUT2D eigenvalue weighted by molar-refractivity contribution is 5.67. The molecule has 0 atom stereocenters. The normalized spacial score (nSPS) is 10.6. The van der Waals surface area contributed by atoms with Gasteiger partial charge in [-0.25, -0.2) is 4.79 Å². The van der Waals surface area contributed by atoms with Crippen molar-refractivity contribution in [1.29, 1.82) is 5.26 Å². The monoisotopic (exact) mass is 290 g/mol. The van der Waals surface area contributed by atoms with Crippen molar-refractivity contribution in [3.63, 3.8) is 0 Å². The number of carbonyl (C=O) groups is 1. The van der Waals surface area contributed by atoms with Crippen molar-refractivity contribution in [2.45, 2.75) is 39.2 Å². The standard InChI is InChI=1S/C16H22N2O3/c1-16(2,3)21-15(19)18-10-6-7-11-20-14-9-5-4-8-13(14)12-17/h4-5,8-9H,6-7,10-11H2,1-3H3,(H,18,19). The van der Waals surface area contributed by atoms with E-state index in [0.717, 1.165) is 12.8 Å². The number of alkyl carbamates (subject to hydrolysis) is 1. The SMILES string of the molecule is CC(C)(C)OC(=O)NCCCCOc1ccccc1C#N. The molecule has 0 aliphatic rings. The number of para-hydroxylation sites is 1. The minimum atomic E-state index is -0.478. The molecule has 0 aromatic heterocycles. The maximum absolute atomic E-state index is 11.4. The molecule has 0 radical (unpaired) electrons. The van der Waals surface area contributed by atoms with Crippen molar-refractivity contribution in [3.05, 3.63) is 29.8 Å². The lowest BCUT2D eigenvalue weighted by Gasteiger charge is -2.19. The Hall–Kier alpha value is -2.22. The molecular formula is C16H22N2O3. The first-order chi connectivity index (χ1) is 9.92. The van der Waals surface area contributed by atoms with E-state index in [4.69, 9.17) is 14.7 Å². The van der Waals surface area contributed by atoms with E-state index < -0.39 is 11.7 Å². The molecule has 1 rings (SSSR count). The quantitative estimate of drug-likeness (QED) is 0.816. The smallest absolute Gasteiger partial charge is 0.407 e. The Balaban J connectivity index is 2.15. The molecule has 0 saturated carbocycles. The van der Waals surface area contributed by atoms with Gasteiger partial charge in [-0.05, 0) is 45.7 Å². The molecular weight excluding hydrogens is 268 g/mol. The maximum Gasteiger partial charge on any atom is 0.407 e. The number of rotatable bonds is 6. The van der Waals surface area contributed by atoms with Crippen LogP contribution in [0.5, 0.6) is 5.75 Å². The molecule has 0 unspecified atom stereocenters. The number of nitrogens with one attached hydrogen (secondary N) is 1. The van der Waals surface area contributed by atoms with Crippen LogP contribution in [0, 0.1) is 11.3 Å². The minimum Gasteiger partial charge on any atom is -0.492 e. The van der Waals surface area contributed by atoms with Gasteiger partial charge in [-0.2, -0.15) is 5.26 Å². The van der Waals surface area contributed by atoms with Gasteiger partial charge in [0.1, 0.15) is 17.4 Å². The van der Waals surface area contributed by atoms with Crippen LogP contribution in [0.2, 0.25) is 0 Å². The van der Waals surface area contributed by atoms with E-state index in [0.29, 0.717) is 24.5 Å². The molecule has 0 aliphatic carbocycles. The molecule has 1 amide bonds. The van der Waals surface area contributed by atoms with Gasteiger partial charge < -0.3 is 14.8 Å². The number of ether oxygens (including phenoxy) is 2. The summed E-state index contributed by atoms with van der Waals surface area (Å²) in [5, 5.41) is 11.6. The fourth-order valence-corrected chi connectivity index (χ4v) is 1.60. The summed E-state index contributed by atoms with van der Waals surface area (Å²) in [7, 11) is 0. The molecule has 0 saturated heterocycles. The van der Waals surface area contributed by atoms with E-state index in [1.165, 1.54) is 0 Å². The third-order valence-electron chi connectivity index (χ3n) is 2.50. The Morgan fingerprint density at radius 3 is 2.67 bits per heavy atom. The average molecular weight is 290 g/mol. The molecule has 0 fully saturated rings. The highest BCUT2D eigenvalue weighted by atomic mass is 16.6. The summed E-state index contributed by atoms with van der Waals surface area (Å²) in [4.78, 5) is 11.4. The molecule has 1 aromatic rings. The number of carbonyl (C=O) groups excluding carboxylic acids is 1. The number of nitriles is 1. The van der Waals surface area contributed by atoms with Crippen LogP contribution in [0.1, 0.15) is 39.2 Å². The van der Waals surface area contributed by atoms with Crippen LogP contribution in [-0.2, 0) is 4.74 Å². The first-order valence-electron chi connectivity index (χ1n) is 7.01. The lowest BCUT2D eigenvalue weighted by Crippen LogP contribution is -2.33. The van der Waals surface area contributed by atoms with Gasteiger partial charge in [0.2, 0.25) is 0 Å². The van der Waals surface area contributed by atoms with Gasteiger partial charge in [0, 0.05) is 6.54 Å². The third-order valence-corrected chi connectivity index (χ3v) is 2.50. The molecule has 1 N–H and O–H groups in total. The molecule has 0 heterocycles. The Morgan fingerprint density at radius 2 is 2.00 bits per heavy atom. The largest absolute Gasteiger partial charge is 0.492 e. The van der Waals surface area contributed by atoms with Crippen molar-refractivity contribution in [2.75, 3.05) is 13.2 Å². The van der Waals surface area contributed by atoms with Gasteiger partial charge in [-0.3, -0.25) is 0 Å². The first-order valence-corrected chi connectivity index (χ1v) is 7.01. The maximum atomic E-state index is 11.4. The molecule has 1 aromatic carbocycles. The first kappa shape index (κ1) is 16.8. The average Bonchev–Trinajstić information content (AvgIpc) is 2.41. The van der Waals surface area contributed by atoms with Crippen LogP contribution in [-0.4, -0.2) is 24.8 Å². The zero-order valence-corrected chi connectivity index (χ0v) is 12.8. The van der Waals surface area contributed by atoms with Gasteiger partial charge in [-0.1, -0.05) is 12.1 Å². The molecule has 114 valence electrons. The number of nitrogens with zero attached hydrogens (tertiary/aromatic N) is 1. The summed E-state index contributed by atoms with van der Waals surface area (Å²) in [6.07, 6.45) is 1.17. The highest BCUT2D eigenvalue weighted by Crippen LogP contribution is 2.16. The van der Waals surface area contributed by atoms with E-state index in [9.17, 15) is 4.79 Å². The summed E-state index contributed by atoms with van der Waals surface area (Å²) >= 11 is 0. The van der Waals surface area contributed by atoms with Gasteiger partial charge in [0.05, 0.1) is 12.2 Å². The van der Waals surface area contributed by atoms with Gasteiger partial charge >= 0.3 is 6.09 Å². The number of benzene rings is 1. The van der Waals surface area contributed by atoms with Gasteiger partial charge in [-0.15, -0.1) is 0 Å². The van der Waals surface area contributed by atoms with E-state index in [1.54, 1.807) is 18.2 Å². The van der Waals surface area contributed by atoms with Crippen LogP contribution >= 0.6 is 0 Å². The zero-order valence-electron chi connectivity index (χ0n) is 12.8. The number of unbranched alkanes of at least 4 members (excludes halogenated alkanes) is 1. The van der Waals surface area contributed by atoms with E-state index in [2.05, 4.69) is 11.4 Å².